The second kappa shape index (κ2) is 4.56. The van der Waals surface area contributed by atoms with Crippen molar-refractivity contribution in [3.8, 4) is 0 Å². The van der Waals surface area contributed by atoms with Crippen LogP contribution in [0, 0.1) is 0 Å². The third-order valence-corrected chi connectivity index (χ3v) is 2.90. The number of aliphatic carboxylic acids is 1. The van der Waals surface area contributed by atoms with E-state index in [0.717, 1.165) is 0 Å². The molecule has 0 amide bonds. The van der Waals surface area contributed by atoms with Crippen molar-refractivity contribution in [1.82, 2.24) is 0 Å². The van der Waals surface area contributed by atoms with E-state index in [2.05, 4.69) is 0 Å². The minimum absolute atomic E-state index is 0.0770. The van der Waals surface area contributed by atoms with Crippen molar-refractivity contribution < 1.29 is 35.4 Å². The Morgan fingerprint density at radius 1 is 1.28 bits per heavy atom. The van der Waals surface area contributed by atoms with E-state index in [1.165, 1.54) is 0 Å². The molecule has 1 aromatic carbocycles. The number of alkyl halides is 3. The number of carboxylic acids is 1. The monoisotopic (exact) mass is 286 g/mol. The molecular formula is C9H6F4O4S. The molecule has 0 unspecified atom stereocenters. The summed E-state index contributed by atoms with van der Waals surface area (Å²) in [6.07, 6.45) is -5.74. The van der Waals surface area contributed by atoms with E-state index in [1.54, 1.807) is 0 Å². The predicted molar refractivity (Wildman–Crippen MR) is 51.1 cm³/mol. The first-order valence-corrected chi connectivity index (χ1v) is 5.77. The second-order valence-electron chi connectivity index (χ2n) is 3.33. The van der Waals surface area contributed by atoms with Crippen LogP contribution >= 0.6 is 0 Å². The fourth-order valence-electron chi connectivity index (χ4n) is 1.27. The summed E-state index contributed by atoms with van der Waals surface area (Å²) in [7, 11) is -5.43. The summed E-state index contributed by atoms with van der Waals surface area (Å²) in [4.78, 5) is 9.11. The molecule has 0 atom stereocenters. The number of hydrogen-bond acceptors (Lipinski definition) is 3. The summed E-state index contributed by atoms with van der Waals surface area (Å²) in [5, 5.41) is 8.45. The summed E-state index contributed by atoms with van der Waals surface area (Å²) in [5.74, 6) is -1.49. The Morgan fingerprint density at radius 2 is 1.83 bits per heavy atom. The number of hydrogen-bond donors (Lipinski definition) is 1. The van der Waals surface area contributed by atoms with Gasteiger partial charge in [-0.1, -0.05) is 6.07 Å². The topological polar surface area (TPSA) is 71.4 Å². The molecular weight excluding hydrogens is 280 g/mol. The van der Waals surface area contributed by atoms with Crippen LogP contribution in [0.4, 0.5) is 17.1 Å². The molecule has 0 saturated heterocycles. The van der Waals surface area contributed by atoms with Crippen LogP contribution < -0.4 is 0 Å². The minimum atomic E-state index is -5.43. The molecule has 0 aromatic heterocycles. The van der Waals surface area contributed by atoms with Crippen molar-refractivity contribution >= 4 is 16.2 Å². The Morgan fingerprint density at radius 3 is 2.22 bits per heavy atom. The van der Waals surface area contributed by atoms with Gasteiger partial charge in [-0.05, 0) is 17.7 Å². The largest absolute Gasteiger partial charge is 0.481 e. The van der Waals surface area contributed by atoms with E-state index in [-0.39, 0.29) is 6.07 Å². The van der Waals surface area contributed by atoms with E-state index < -0.39 is 44.8 Å². The van der Waals surface area contributed by atoms with Crippen LogP contribution in [0.15, 0.2) is 23.1 Å². The molecule has 4 nitrogen and oxygen atoms in total. The average Bonchev–Trinajstić information content (AvgIpc) is 2.13. The summed E-state index contributed by atoms with van der Waals surface area (Å²) < 4.78 is 71.1. The van der Waals surface area contributed by atoms with Gasteiger partial charge in [0.1, 0.15) is 4.90 Å². The van der Waals surface area contributed by atoms with Crippen LogP contribution in [0.5, 0.6) is 0 Å². The normalized spacial score (nSPS) is 12.4. The molecule has 18 heavy (non-hydrogen) atoms. The summed E-state index contributed by atoms with van der Waals surface area (Å²) >= 11 is 0. The molecule has 0 saturated carbocycles. The first kappa shape index (κ1) is 14.4. The van der Waals surface area contributed by atoms with Gasteiger partial charge in [-0.3, -0.25) is 4.79 Å². The standard InChI is InChI=1S/C9H6F4O4S/c10-9(11,12)6-2-1-5(3-8(14)15)7(4-6)18(13,16)17/h1-2,4H,3H2,(H,14,15). The molecule has 1 N–H and O–H groups in total. The maximum atomic E-state index is 12.8. The van der Waals surface area contributed by atoms with Crippen LogP contribution in [0.25, 0.3) is 0 Å². The molecule has 0 radical (unpaired) electrons. The highest BCUT2D eigenvalue weighted by Crippen LogP contribution is 2.32. The quantitative estimate of drug-likeness (QED) is 0.681. The van der Waals surface area contributed by atoms with E-state index in [4.69, 9.17) is 5.11 Å². The van der Waals surface area contributed by atoms with Crippen molar-refractivity contribution in [1.29, 1.82) is 0 Å². The second-order valence-corrected chi connectivity index (χ2v) is 4.64. The lowest BCUT2D eigenvalue weighted by Gasteiger charge is -2.10. The fraction of sp³-hybridized carbons (Fsp3) is 0.222. The van der Waals surface area contributed by atoms with Gasteiger partial charge >= 0.3 is 22.4 Å². The lowest BCUT2D eigenvalue weighted by Crippen LogP contribution is -2.10. The molecule has 0 heterocycles. The summed E-state index contributed by atoms with van der Waals surface area (Å²) in [5.41, 5.74) is -1.91. The first-order chi connectivity index (χ1) is 8.01. The fourth-order valence-corrected chi connectivity index (χ4v) is 1.99. The van der Waals surface area contributed by atoms with Crippen molar-refractivity contribution in [2.75, 3.05) is 0 Å². The Hall–Kier alpha value is -1.64. The molecule has 0 spiro atoms. The predicted octanol–water partition coefficient (Wildman–Crippen LogP) is 1.99. The highest BCUT2D eigenvalue weighted by Gasteiger charge is 2.33. The molecule has 0 bridgehead atoms. The Kier molecular flexibility index (Phi) is 3.65. The first-order valence-electron chi connectivity index (χ1n) is 4.38. The number of rotatable bonds is 3. The number of carboxylic acid groups (broad SMARTS) is 1. The van der Waals surface area contributed by atoms with E-state index in [0.29, 0.717) is 12.1 Å². The van der Waals surface area contributed by atoms with Crippen molar-refractivity contribution in [3.05, 3.63) is 29.3 Å². The smallest absolute Gasteiger partial charge is 0.416 e. The molecule has 100 valence electrons. The molecule has 1 rings (SSSR count). The Bertz CT molecular complexity index is 577. The Labute approximate surface area is 99.1 Å². The van der Waals surface area contributed by atoms with Gasteiger partial charge < -0.3 is 5.11 Å². The molecule has 0 fully saturated rings. The average molecular weight is 286 g/mol. The lowest BCUT2D eigenvalue weighted by atomic mass is 10.1. The van der Waals surface area contributed by atoms with Gasteiger partial charge in [0.05, 0.1) is 12.0 Å². The van der Waals surface area contributed by atoms with Crippen LogP contribution in [-0.4, -0.2) is 19.5 Å². The Balaban J connectivity index is 3.44. The minimum Gasteiger partial charge on any atom is -0.481 e. The van der Waals surface area contributed by atoms with E-state index in [1.807, 2.05) is 0 Å². The zero-order valence-corrected chi connectivity index (χ0v) is 9.35. The zero-order chi connectivity index (χ0) is 14.1. The summed E-state index contributed by atoms with van der Waals surface area (Å²) in [6.45, 7) is 0. The summed E-state index contributed by atoms with van der Waals surface area (Å²) in [6, 6.07) is 1.20. The number of halogens is 4. The van der Waals surface area contributed by atoms with E-state index in [9.17, 15) is 30.3 Å². The van der Waals surface area contributed by atoms with Crippen molar-refractivity contribution in [2.45, 2.75) is 17.5 Å². The van der Waals surface area contributed by atoms with Crippen molar-refractivity contribution in [2.24, 2.45) is 0 Å². The van der Waals surface area contributed by atoms with E-state index >= 15 is 0 Å². The van der Waals surface area contributed by atoms with Gasteiger partial charge in [0.15, 0.2) is 0 Å². The maximum Gasteiger partial charge on any atom is 0.416 e. The van der Waals surface area contributed by atoms with Crippen LogP contribution in [-0.2, 0) is 27.6 Å². The zero-order valence-electron chi connectivity index (χ0n) is 8.53. The lowest BCUT2D eigenvalue weighted by molar-refractivity contribution is -0.137. The molecule has 1 aromatic rings. The SMILES string of the molecule is O=C(O)Cc1ccc(C(F)(F)F)cc1S(=O)(=O)F. The highest BCUT2D eigenvalue weighted by atomic mass is 32.3. The molecule has 0 aliphatic carbocycles. The van der Waals surface area contributed by atoms with Crippen LogP contribution in [0.3, 0.4) is 0 Å². The maximum absolute atomic E-state index is 12.8. The van der Waals surface area contributed by atoms with Gasteiger partial charge in [0, 0.05) is 0 Å². The molecule has 9 heteroatoms. The van der Waals surface area contributed by atoms with Crippen LogP contribution in [0.2, 0.25) is 0 Å². The highest BCUT2D eigenvalue weighted by molar-refractivity contribution is 7.86. The van der Waals surface area contributed by atoms with Gasteiger partial charge in [0.25, 0.3) is 0 Å². The van der Waals surface area contributed by atoms with Crippen molar-refractivity contribution in [3.63, 3.8) is 0 Å². The third kappa shape index (κ3) is 3.42. The number of benzene rings is 1. The molecule has 0 aliphatic heterocycles. The van der Waals surface area contributed by atoms with Gasteiger partial charge in [0.2, 0.25) is 0 Å². The van der Waals surface area contributed by atoms with Crippen LogP contribution in [0.1, 0.15) is 11.1 Å². The van der Waals surface area contributed by atoms with Gasteiger partial charge in [-0.2, -0.15) is 21.6 Å². The van der Waals surface area contributed by atoms with Gasteiger partial charge in [-0.15, -0.1) is 3.89 Å². The third-order valence-electron chi connectivity index (χ3n) is 2.00. The van der Waals surface area contributed by atoms with Gasteiger partial charge in [-0.25, -0.2) is 0 Å². The number of carbonyl (C=O) groups is 1. The molecule has 0 aliphatic rings.